The maximum atomic E-state index is 11.5. The van der Waals surface area contributed by atoms with E-state index in [-0.39, 0.29) is 5.91 Å². The van der Waals surface area contributed by atoms with Crippen LogP contribution < -0.4 is 5.32 Å². The number of carbonyl (C=O) groups is 1. The van der Waals surface area contributed by atoms with Gasteiger partial charge in [0.1, 0.15) is 0 Å². The molecule has 0 spiro atoms. The Morgan fingerprint density at radius 3 is 3.25 bits per heavy atom. The lowest BCUT2D eigenvalue weighted by atomic mass is 10.1. The van der Waals surface area contributed by atoms with Crippen molar-refractivity contribution >= 4 is 5.91 Å². The second-order valence-electron chi connectivity index (χ2n) is 4.05. The van der Waals surface area contributed by atoms with Crippen LogP contribution in [0.25, 0.3) is 0 Å². The van der Waals surface area contributed by atoms with Crippen LogP contribution in [-0.2, 0) is 16.1 Å². The molecule has 88 valence electrons. The Hall–Kier alpha value is -1.36. The van der Waals surface area contributed by atoms with Crippen LogP contribution in [0.15, 0.2) is 18.5 Å². The molecular weight excluding hydrogens is 206 g/mol. The molecule has 1 saturated heterocycles. The third-order valence-electron chi connectivity index (χ3n) is 2.74. The number of rotatable bonds is 5. The predicted molar refractivity (Wildman–Crippen MR) is 58.8 cm³/mol. The van der Waals surface area contributed by atoms with Gasteiger partial charge in [0, 0.05) is 44.4 Å². The van der Waals surface area contributed by atoms with Crippen LogP contribution in [0.5, 0.6) is 0 Å². The largest absolute Gasteiger partial charge is 0.381 e. The van der Waals surface area contributed by atoms with Gasteiger partial charge in [-0.2, -0.15) is 5.10 Å². The molecule has 1 atom stereocenters. The molecule has 0 radical (unpaired) electrons. The summed E-state index contributed by atoms with van der Waals surface area (Å²) in [4.78, 5) is 11.5. The number of aromatic nitrogens is 2. The van der Waals surface area contributed by atoms with Crippen molar-refractivity contribution < 1.29 is 9.53 Å². The highest BCUT2D eigenvalue weighted by Crippen LogP contribution is 2.10. The summed E-state index contributed by atoms with van der Waals surface area (Å²) in [6.45, 7) is 2.98. The summed E-state index contributed by atoms with van der Waals surface area (Å²) < 4.78 is 7.01. The zero-order valence-corrected chi connectivity index (χ0v) is 9.26. The Morgan fingerprint density at radius 2 is 2.56 bits per heavy atom. The van der Waals surface area contributed by atoms with E-state index in [4.69, 9.17) is 4.74 Å². The molecule has 1 unspecified atom stereocenters. The van der Waals surface area contributed by atoms with E-state index in [1.807, 2.05) is 12.3 Å². The molecule has 5 heteroatoms. The molecule has 2 rings (SSSR count). The van der Waals surface area contributed by atoms with Gasteiger partial charge < -0.3 is 10.1 Å². The molecule has 1 N–H and O–H groups in total. The van der Waals surface area contributed by atoms with Crippen molar-refractivity contribution in [1.82, 2.24) is 15.1 Å². The van der Waals surface area contributed by atoms with Crippen LogP contribution in [0.1, 0.15) is 12.8 Å². The van der Waals surface area contributed by atoms with Gasteiger partial charge in [-0.05, 0) is 12.5 Å². The predicted octanol–water partition coefficient (Wildman–Crippen LogP) is 0.426. The Balaban J connectivity index is 1.60. The maximum absolute atomic E-state index is 11.5. The lowest BCUT2D eigenvalue weighted by Gasteiger charge is -2.09. The lowest BCUT2D eigenvalue weighted by molar-refractivity contribution is -0.121. The van der Waals surface area contributed by atoms with Crippen molar-refractivity contribution in [2.75, 3.05) is 19.8 Å². The lowest BCUT2D eigenvalue weighted by Crippen LogP contribution is -2.30. The number of ether oxygens (including phenoxy) is 1. The first-order valence-corrected chi connectivity index (χ1v) is 5.66. The average molecular weight is 223 g/mol. The standard InChI is InChI=1S/C11H17N3O2/c15-11(2-6-14-5-1-4-13-14)12-8-10-3-7-16-9-10/h1,4-5,10H,2-3,6-9H2,(H,12,15). The smallest absolute Gasteiger partial charge is 0.221 e. The minimum atomic E-state index is 0.0856. The summed E-state index contributed by atoms with van der Waals surface area (Å²) >= 11 is 0. The molecule has 1 aliphatic heterocycles. The van der Waals surface area contributed by atoms with Gasteiger partial charge in [0.2, 0.25) is 5.91 Å². The Kier molecular flexibility index (Phi) is 3.93. The maximum Gasteiger partial charge on any atom is 0.221 e. The normalized spacial score (nSPS) is 19.9. The van der Waals surface area contributed by atoms with Crippen LogP contribution in [0, 0.1) is 5.92 Å². The van der Waals surface area contributed by atoms with E-state index in [1.54, 1.807) is 10.9 Å². The summed E-state index contributed by atoms with van der Waals surface area (Å²) in [6.07, 6.45) is 5.11. The highest BCUT2D eigenvalue weighted by atomic mass is 16.5. The topological polar surface area (TPSA) is 56.2 Å². The Morgan fingerprint density at radius 1 is 1.62 bits per heavy atom. The van der Waals surface area contributed by atoms with Crippen molar-refractivity contribution in [3.63, 3.8) is 0 Å². The van der Waals surface area contributed by atoms with Gasteiger partial charge in [-0.25, -0.2) is 0 Å². The fourth-order valence-electron chi connectivity index (χ4n) is 1.74. The fourth-order valence-corrected chi connectivity index (χ4v) is 1.74. The minimum Gasteiger partial charge on any atom is -0.381 e. The zero-order chi connectivity index (χ0) is 11.2. The van der Waals surface area contributed by atoms with E-state index >= 15 is 0 Å². The molecule has 0 aliphatic carbocycles. The fraction of sp³-hybridized carbons (Fsp3) is 0.636. The molecule has 5 nitrogen and oxygen atoms in total. The Labute approximate surface area is 94.8 Å². The van der Waals surface area contributed by atoms with Gasteiger partial charge in [-0.3, -0.25) is 9.48 Å². The van der Waals surface area contributed by atoms with E-state index < -0.39 is 0 Å². The van der Waals surface area contributed by atoms with Crippen LogP contribution in [-0.4, -0.2) is 35.4 Å². The molecule has 2 heterocycles. The number of hydrogen-bond acceptors (Lipinski definition) is 3. The molecule has 1 fully saturated rings. The SMILES string of the molecule is O=C(CCn1cccn1)NCC1CCOC1. The molecular formula is C11H17N3O2. The van der Waals surface area contributed by atoms with Gasteiger partial charge in [-0.1, -0.05) is 0 Å². The third kappa shape index (κ3) is 3.34. The number of nitrogens with zero attached hydrogens (tertiary/aromatic N) is 2. The number of aryl methyl sites for hydroxylation is 1. The first-order valence-electron chi connectivity index (χ1n) is 5.66. The van der Waals surface area contributed by atoms with Crippen molar-refractivity contribution in [2.45, 2.75) is 19.4 Å². The second-order valence-corrected chi connectivity index (χ2v) is 4.05. The molecule has 1 aromatic rings. The first kappa shape index (κ1) is 11.1. The van der Waals surface area contributed by atoms with Crippen LogP contribution in [0.2, 0.25) is 0 Å². The molecule has 0 aromatic carbocycles. The van der Waals surface area contributed by atoms with Gasteiger partial charge in [0.25, 0.3) is 0 Å². The molecule has 0 saturated carbocycles. The van der Waals surface area contributed by atoms with Gasteiger partial charge in [-0.15, -0.1) is 0 Å². The van der Waals surface area contributed by atoms with E-state index in [9.17, 15) is 4.79 Å². The van der Waals surface area contributed by atoms with E-state index in [0.717, 1.165) is 26.2 Å². The van der Waals surface area contributed by atoms with Crippen LogP contribution >= 0.6 is 0 Å². The van der Waals surface area contributed by atoms with Crippen molar-refractivity contribution in [3.8, 4) is 0 Å². The van der Waals surface area contributed by atoms with E-state index in [0.29, 0.717) is 18.9 Å². The molecule has 1 aromatic heterocycles. The highest BCUT2D eigenvalue weighted by Gasteiger charge is 2.15. The van der Waals surface area contributed by atoms with E-state index in [2.05, 4.69) is 10.4 Å². The quantitative estimate of drug-likeness (QED) is 0.787. The molecule has 1 amide bonds. The summed E-state index contributed by atoms with van der Waals surface area (Å²) in [5.41, 5.74) is 0. The second kappa shape index (κ2) is 5.65. The number of hydrogen-bond donors (Lipinski definition) is 1. The Bertz CT molecular complexity index is 318. The number of amides is 1. The monoisotopic (exact) mass is 223 g/mol. The number of nitrogens with one attached hydrogen (secondary N) is 1. The van der Waals surface area contributed by atoms with E-state index in [1.165, 1.54) is 0 Å². The summed E-state index contributed by atoms with van der Waals surface area (Å²) in [6, 6.07) is 1.85. The summed E-state index contributed by atoms with van der Waals surface area (Å²) in [7, 11) is 0. The molecule has 1 aliphatic rings. The zero-order valence-electron chi connectivity index (χ0n) is 9.26. The first-order chi connectivity index (χ1) is 7.84. The average Bonchev–Trinajstić information content (AvgIpc) is 2.96. The van der Waals surface area contributed by atoms with Gasteiger partial charge >= 0.3 is 0 Å². The van der Waals surface area contributed by atoms with Crippen molar-refractivity contribution in [3.05, 3.63) is 18.5 Å². The minimum absolute atomic E-state index is 0.0856. The third-order valence-corrected chi connectivity index (χ3v) is 2.74. The molecule has 0 bridgehead atoms. The van der Waals surface area contributed by atoms with Crippen LogP contribution in [0.3, 0.4) is 0 Å². The summed E-state index contributed by atoms with van der Waals surface area (Å²) in [5, 5.41) is 6.97. The van der Waals surface area contributed by atoms with Crippen molar-refractivity contribution in [1.29, 1.82) is 0 Å². The molecule has 16 heavy (non-hydrogen) atoms. The summed E-state index contributed by atoms with van der Waals surface area (Å²) in [5.74, 6) is 0.580. The van der Waals surface area contributed by atoms with Crippen molar-refractivity contribution in [2.24, 2.45) is 5.92 Å². The van der Waals surface area contributed by atoms with Crippen LogP contribution in [0.4, 0.5) is 0 Å². The highest BCUT2D eigenvalue weighted by molar-refractivity contribution is 5.75. The number of carbonyl (C=O) groups excluding carboxylic acids is 1. The van der Waals surface area contributed by atoms with Gasteiger partial charge in [0.05, 0.1) is 6.61 Å². The van der Waals surface area contributed by atoms with Gasteiger partial charge in [0.15, 0.2) is 0 Å².